The van der Waals surface area contributed by atoms with Gasteiger partial charge in [-0.15, -0.1) is 0 Å². The SMILES string of the molecule is COc1nccc(Nc2cc(NC(=O)c3c(Cl)cccc3Cl)ccn2)n1. The number of methoxy groups -OCH3 is 1. The van der Waals surface area contributed by atoms with Gasteiger partial charge < -0.3 is 15.4 Å². The molecule has 0 radical (unpaired) electrons. The third kappa shape index (κ3) is 4.19. The van der Waals surface area contributed by atoms with Gasteiger partial charge in [0.25, 0.3) is 5.91 Å². The molecule has 0 spiro atoms. The highest BCUT2D eigenvalue weighted by Gasteiger charge is 2.15. The van der Waals surface area contributed by atoms with Crippen LogP contribution in [0.1, 0.15) is 10.4 Å². The highest BCUT2D eigenvalue weighted by molar-refractivity contribution is 6.40. The average Bonchev–Trinajstić information content (AvgIpc) is 2.62. The normalized spacial score (nSPS) is 10.3. The number of aromatic nitrogens is 3. The number of amides is 1. The number of rotatable bonds is 5. The molecule has 0 aliphatic carbocycles. The van der Waals surface area contributed by atoms with E-state index in [0.29, 0.717) is 17.3 Å². The van der Waals surface area contributed by atoms with E-state index in [1.807, 2.05) is 0 Å². The second-order valence-corrected chi connectivity index (χ2v) is 5.85. The summed E-state index contributed by atoms with van der Waals surface area (Å²) >= 11 is 12.1. The highest BCUT2D eigenvalue weighted by atomic mass is 35.5. The van der Waals surface area contributed by atoms with E-state index < -0.39 is 5.91 Å². The number of anilines is 3. The number of carbonyl (C=O) groups excluding carboxylic acids is 1. The number of benzene rings is 1. The van der Waals surface area contributed by atoms with E-state index in [9.17, 15) is 4.79 Å². The molecule has 0 bridgehead atoms. The van der Waals surface area contributed by atoms with Gasteiger partial charge in [-0.25, -0.2) is 9.97 Å². The minimum absolute atomic E-state index is 0.211. The minimum Gasteiger partial charge on any atom is -0.467 e. The molecule has 2 N–H and O–H groups in total. The van der Waals surface area contributed by atoms with E-state index in [-0.39, 0.29) is 21.6 Å². The van der Waals surface area contributed by atoms with Gasteiger partial charge in [0.2, 0.25) is 0 Å². The summed E-state index contributed by atoms with van der Waals surface area (Å²) in [7, 11) is 1.48. The molecule has 26 heavy (non-hydrogen) atoms. The zero-order valence-electron chi connectivity index (χ0n) is 13.5. The minimum atomic E-state index is -0.415. The maximum absolute atomic E-state index is 12.5. The van der Waals surface area contributed by atoms with Crippen LogP contribution in [0.4, 0.5) is 17.3 Å². The number of halogens is 2. The maximum atomic E-state index is 12.5. The van der Waals surface area contributed by atoms with Crippen LogP contribution in [0.15, 0.2) is 48.8 Å². The lowest BCUT2D eigenvalue weighted by atomic mass is 10.2. The summed E-state index contributed by atoms with van der Waals surface area (Å²) in [4.78, 5) is 24.7. The number of pyridine rings is 1. The zero-order chi connectivity index (χ0) is 18.5. The van der Waals surface area contributed by atoms with Crippen LogP contribution >= 0.6 is 23.2 Å². The van der Waals surface area contributed by atoms with Gasteiger partial charge in [0.15, 0.2) is 0 Å². The molecule has 132 valence electrons. The van der Waals surface area contributed by atoms with Gasteiger partial charge in [-0.3, -0.25) is 4.79 Å². The number of ether oxygens (including phenoxy) is 1. The second-order valence-electron chi connectivity index (χ2n) is 5.03. The van der Waals surface area contributed by atoms with Crippen molar-refractivity contribution in [2.45, 2.75) is 0 Å². The number of nitrogens with one attached hydrogen (secondary N) is 2. The van der Waals surface area contributed by atoms with Crippen LogP contribution in [0.3, 0.4) is 0 Å². The largest absolute Gasteiger partial charge is 0.467 e. The Morgan fingerprint density at radius 2 is 1.77 bits per heavy atom. The molecule has 3 rings (SSSR count). The van der Waals surface area contributed by atoms with Crippen LogP contribution in [0.25, 0.3) is 0 Å². The molecule has 1 aromatic carbocycles. The van der Waals surface area contributed by atoms with Crippen molar-refractivity contribution in [2.75, 3.05) is 17.7 Å². The molecule has 1 amide bonds. The molecule has 7 nitrogen and oxygen atoms in total. The van der Waals surface area contributed by atoms with Gasteiger partial charge >= 0.3 is 6.01 Å². The third-order valence-corrected chi connectivity index (χ3v) is 3.91. The Morgan fingerprint density at radius 3 is 2.50 bits per heavy atom. The average molecular weight is 390 g/mol. The smallest absolute Gasteiger partial charge is 0.318 e. The molecular weight excluding hydrogens is 377 g/mol. The van der Waals surface area contributed by atoms with Gasteiger partial charge in [0, 0.05) is 24.1 Å². The predicted molar refractivity (Wildman–Crippen MR) is 101 cm³/mol. The Morgan fingerprint density at radius 1 is 1.04 bits per heavy atom. The molecule has 2 heterocycles. The van der Waals surface area contributed by atoms with Crippen LogP contribution < -0.4 is 15.4 Å². The Balaban J connectivity index is 1.78. The van der Waals surface area contributed by atoms with Gasteiger partial charge in [-0.05, 0) is 24.3 Å². The monoisotopic (exact) mass is 389 g/mol. The lowest BCUT2D eigenvalue weighted by Crippen LogP contribution is -2.13. The van der Waals surface area contributed by atoms with Crippen molar-refractivity contribution >= 4 is 46.4 Å². The topological polar surface area (TPSA) is 89.0 Å². The van der Waals surface area contributed by atoms with E-state index in [0.717, 1.165) is 0 Å². The number of hydrogen-bond acceptors (Lipinski definition) is 6. The fraction of sp³-hybridized carbons (Fsp3) is 0.0588. The van der Waals surface area contributed by atoms with Crippen molar-refractivity contribution in [3.63, 3.8) is 0 Å². The molecule has 0 aliphatic heterocycles. The number of hydrogen-bond donors (Lipinski definition) is 2. The Bertz CT molecular complexity index is 932. The van der Waals surface area contributed by atoms with Crippen molar-refractivity contribution < 1.29 is 9.53 Å². The van der Waals surface area contributed by atoms with E-state index in [2.05, 4.69) is 25.6 Å². The van der Waals surface area contributed by atoms with Gasteiger partial charge in [-0.1, -0.05) is 29.3 Å². The summed E-state index contributed by atoms with van der Waals surface area (Å²) in [6, 6.07) is 10.1. The maximum Gasteiger partial charge on any atom is 0.318 e. The summed E-state index contributed by atoms with van der Waals surface area (Å²) in [6.07, 6.45) is 3.10. The quantitative estimate of drug-likeness (QED) is 0.679. The van der Waals surface area contributed by atoms with E-state index in [1.165, 1.54) is 7.11 Å². The van der Waals surface area contributed by atoms with E-state index >= 15 is 0 Å². The molecule has 3 aromatic rings. The summed E-state index contributed by atoms with van der Waals surface area (Å²) in [5, 5.41) is 6.30. The first-order valence-corrected chi connectivity index (χ1v) is 8.18. The molecule has 0 atom stereocenters. The zero-order valence-corrected chi connectivity index (χ0v) is 15.0. The van der Waals surface area contributed by atoms with Crippen LogP contribution in [0.2, 0.25) is 10.0 Å². The Hall–Kier alpha value is -2.90. The van der Waals surface area contributed by atoms with Gasteiger partial charge in [0.1, 0.15) is 11.6 Å². The fourth-order valence-electron chi connectivity index (χ4n) is 2.12. The molecule has 2 aromatic heterocycles. The van der Waals surface area contributed by atoms with Crippen molar-refractivity contribution in [1.82, 2.24) is 15.0 Å². The second kappa shape index (κ2) is 7.99. The van der Waals surface area contributed by atoms with Crippen LogP contribution in [0, 0.1) is 0 Å². The van der Waals surface area contributed by atoms with Gasteiger partial charge in [0.05, 0.1) is 22.7 Å². The molecule has 0 fully saturated rings. The lowest BCUT2D eigenvalue weighted by Gasteiger charge is -2.10. The number of carbonyl (C=O) groups is 1. The van der Waals surface area contributed by atoms with Crippen molar-refractivity contribution in [2.24, 2.45) is 0 Å². The fourth-order valence-corrected chi connectivity index (χ4v) is 2.69. The summed E-state index contributed by atoms with van der Waals surface area (Å²) in [6.45, 7) is 0. The standard InChI is InChI=1S/C17H13Cl2N5O2/c1-26-17-21-8-6-13(24-17)23-14-9-10(5-7-20-14)22-16(25)15-11(18)3-2-4-12(15)19/h2-9H,1H3,(H2,20,21,22,23,24,25). The summed E-state index contributed by atoms with van der Waals surface area (Å²) in [5.74, 6) is 0.567. The van der Waals surface area contributed by atoms with Crippen molar-refractivity contribution in [1.29, 1.82) is 0 Å². The van der Waals surface area contributed by atoms with Crippen molar-refractivity contribution in [3.05, 3.63) is 64.4 Å². The van der Waals surface area contributed by atoms with Crippen molar-refractivity contribution in [3.8, 4) is 6.01 Å². The first kappa shape index (κ1) is 17.9. The third-order valence-electron chi connectivity index (χ3n) is 3.28. The molecule has 0 unspecified atom stereocenters. The first-order valence-electron chi connectivity index (χ1n) is 7.42. The van der Waals surface area contributed by atoms with E-state index in [4.69, 9.17) is 27.9 Å². The summed E-state index contributed by atoms with van der Waals surface area (Å²) < 4.78 is 4.98. The highest BCUT2D eigenvalue weighted by Crippen LogP contribution is 2.25. The lowest BCUT2D eigenvalue weighted by molar-refractivity contribution is 0.102. The summed E-state index contributed by atoms with van der Waals surface area (Å²) in [5.41, 5.74) is 0.729. The first-order chi connectivity index (χ1) is 12.6. The van der Waals surface area contributed by atoms with Crippen LogP contribution in [-0.2, 0) is 0 Å². The molecule has 9 heteroatoms. The molecule has 0 aliphatic rings. The van der Waals surface area contributed by atoms with Crippen LogP contribution in [-0.4, -0.2) is 28.0 Å². The predicted octanol–water partition coefficient (Wildman–Crippen LogP) is 4.18. The molecular formula is C17H13Cl2N5O2. The molecule has 0 saturated heterocycles. The number of nitrogens with zero attached hydrogens (tertiary/aromatic N) is 3. The Labute approximate surface area is 159 Å². The van der Waals surface area contributed by atoms with Crippen LogP contribution in [0.5, 0.6) is 6.01 Å². The molecule has 0 saturated carbocycles. The van der Waals surface area contributed by atoms with Gasteiger partial charge in [-0.2, -0.15) is 4.98 Å². The Kier molecular flexibility index (Phi) is 5.50. The van der Waals surface area contributed by atoms with E-state index in [1.54, 1.807) is 48.8 Å².